The van der Waals surface area contributed by atoms with Crippen LogP contribution in [0.2, 0.25) is 0 Å². The molecule has 3 amide bonds. The van der Waals surface area contributed by atoms with Gasteiger partial charge in [-0.3, -0.25) is 19.3 Å². The molecule has 1 aromatic carbocycles. The van der Waals surface area contributed by atoms with E-state index in [1.165, 1.54) is 14.0 Å². The number of carbonyl (C=O) groups excluding carboxylic acids is 3. The Balaban J connectivity index is 2.40. The molecule has 0 saturated carbocycles. The predicted molar refractivity (Wildman–Crippen MR) is 60.5 cm³/mol. The van der Waals surface area contributed by atoms with E-state index in [-0.39, 0.29) is 5.91 Å². The van der Waals surface area contributed by atoms with E-state index in [4.69, 9.17) is 0 Å². The molecule has 1 N–H and O–H groups in total. The van der Waals surface area contributed by atoms with Crippen molar-refractivity contribution < 1.29 is 14.4 Å². The molecular formula is C12H12N2O3. The topological polar surface area (TPSA) is 66.5 Å². The van der Waals surface area contributed by atoms with Gasteiger partial charge in [-0.1, -0.05) is 12.1 Å². The Kier molecular flexibility index (Phi) is 2.67. The van der Waals surface area contributed by atoms with E-state index >= 15 is 0 Å². The summed E-state index contributed by atoms with van der Waals surface area (Å²) in [4.78, 5) is 36.5. The molecule has 0 saturated heterocycles. The lowest BCUT2D eigenvalue weighted by atomic mass is 10.1. The van der Waals surface area contributed by atoms with Gasteiger partial charge in [0.2, 0.25) is 5.91 Å². The minimum Gasteiger partial charge on any atom is -0.357 e. The molecule has 0 aromatic heterocycles. The average molecular weight is 232 g/mol. The Morgan fingerprint density at radius 2 is 1.65 bits per heavy atom. The minimum absolute atomic E-state index is 0.355. The highest BCUT2D eigenvalue weighted by Crippen LogP contribution is 2.24. The second kappa shape index (κ2) is 4.01. The average Bonchev–Trinajstić information content (AvgIpc) is 2.61. The highest BCUT2D eigenvalue weighted by atomic mass is 16.2. The molecule has 0 unspecified atom stereocenters. The molecule has 17 heavy (non-hydrogen) atoms. The van der Waals surface area contributed by atoms with E-state index in [0.29, 0.717) is 11.1 Å². The van der Waals surface area contributed by atoms with Crippen LogP contribution in [-0.4, -0.2) is 35.7 Å². The molecule has 88 valence electrons. The van der Waals surface area contributed by atoms with Crippen molar-refractivity contribution in [2.24, 2.45) is 0 Å². The zero-order chi connectivity index (χ0) is 12.6. The third-order valence-electron chi connectivity index (χ3n) is 2.84. The molecule has 0 radical (unpaired) electrons. The maximum atomic E-state index is 12.0. The van der Waals surface area contributed by atoms with Gasteiger partial charge in [0.25, 0.3) is 11.8 Å². The van der Waals surface area contributed by atoms with Crippen molar-refractivity contribution in [2.45, 2.75) is 13.0 Å². The molecule has 0 bridgehead atoms. The number of benzene rings is 1. The first-order valence-electron chi connectivity index (χ1n) is 5.26. The first-order valence-corrected chi connectivity index (χ1v) is 5.26. The van der Waals surface area contributed by atoms with Crippen molar-refractivity contribution >= 4 is 17.7 Å². The van der Waals surface area contributed by atoms with Gasteiger partial charge in [0.15, 0.2) is 0 Å². The molecule has 1 heterocycles. The second-order valence-electron chi connectivity index (χ2n) is 3.82. The zero-order valence-electron chi connectivity index (χ0n) is 9.56. The molecule has 0 fully saturated rings. The summed E-state index contributed by atoms with van der Waals surface area (Å²) >= 11 is 0. The normalized spacial score (nSPS) is 15.8. The van der Waals surface area contributed by atoms with E-state index in [1.54, 1.807) is 24.3 Å². The Bertz CT molecular complexity index is 475. The largest absolute Gasteiger partial charge is 0.357 e. The van der Waals surface area contributed by atoms with E-state index in [9.17, 15) is 14.4 Å². The monoisotopic (exact) mass is 232 g/mol. The molecule has 0 aliphatic carbocycles. The van der Waals surface area contributed by atoms with Crippen LogP contribution in [-0.2, 0) is 4.79 Å². The number of rotatable bonds is 2. The van der Waals surface area contributed by atoms with Crippen LogP contribution >= 0.6 is 0 Å². The van der Waals surface area contributed by atoms with Gasteiger partial charge in [0.1, 0.15) is 6.04 Å². The number of hydrogen-bond donors (Lipinski definition) is 1. The van der Waals surface area contributed by atoms with E-state index in [0.717, 1.165) is 4.90 Å². The number of likely N-dealkylation sites (N-methyl/N-ethyl adjacent to an activating group) is 1. The van der Waals surface area contributed by atoms with Crippen molar-refractivity contribution in [3.63, 3.8) is 0 Å². The summed E-state index contributed by atoms with van der Waals surface area (Å²) in [5.41, 5.74) is 0.710. The summed E-state index contributed by atoms with van der Waals surface area (Å²) in [5.74, 6) is -1.19. The first kappa shape index (κ1) is 11.3. The molecule has 0 spiro atoms. The maximum absolute atomic E-state index is 12.0. The van der Waals surface area contributed by atoms with Gasteiger partial charge < -0.3 is 5.32 Å². The first-order chi connectivity index (χ1) is 8.07. The maximum Gasteiger partial charge on any atom is 0.262 e. The van der Waals surface area contributed by atoms with Crippen molar-refractivity contribution in [2.75, 3.05) is 7.05 Å². The number of imide groups is 1. The van der Waals surface area contributed by atoms with Crippen molar-refractivity contribution in [1.82, 2.24) is 10.2 Å². The zero-order valence-corrected chi connectivity index (χ0v) is 9.56. The number of carbonyl (C=O) groups is 3. The highest BCUT2D eigenvalue weighted by Gasteiger charge is 2.40. The quantitative estimate of drug-likeness (QED) is 0.751. The number of nitrogens with one attached hydrogen (secondary N) is 1. The van der Waals surface area contributed by atoms with Gasteiger partial charge in [-0.25, -0.2) is 0 Å². The number of hydrogen-bond acceptors (Lipinski definition) is 3. The van der Waals surface area contributed by atoms with Crippen LogP contribution in [0.4, 0.5) is 0 Å². The SMILES string of the molecule is CNC(=O)[C@@H](C)N1C(=O)c2ccccc2C1=O. The summed E-state index contributed by atoms with van der Waals surface area (Å²) in [6.07, 6.45) is 0. The predicted octanol–water partition coefficient (Wildman–Crippen LogP) is 0.417. The Morgan fingerprint density at radius 3 is 2.06 bits per heavy atom. The van der Waals surface area contributed by atoms with Gasteiger partial charge >= 0.3 is 0 Å². The van der Waals surface area contributed by atoms with Gasteiger partial charge in [0, 0.05) is 7.05 Å². The van der Waals surface area contributed by atoms with Crippen LogP contribution in [0.3, 0.4) is 0 Å². The summed E-state index contributed by atoms with van der Waals surface area (Å²) in [6, 6.07) is 5.77. The summed E-state index contributed by atoms with van der Waals surface area (Å²) in [5, 5.41) is 2.42. The molecule has 1 atom stereocenters. The summed E-state index contributed by atoms with van der Waals surface area (Å²) in [6.45, 7) is 1.53. The molecule has 5 nitrogen and oxygen atoms in total. The van der Waals surface area contributed by atoms with Crippen LogP contribution in [0.1, 0.15) is 27.6 Å². The van der Waals surface area contributed by atoms with Gasteiger partial charge in [0.05, 0.1) is 11.1 Å². The van der Waals surface area contributed by atoms with Gasteiger partial charge in [-0.05, 0) is 19.1 Å². The fourth-order valence-electron chi connectivity index (χ4n) is 1.89. The van der Waals surface area contributed by atoms with E-state index in [1.807, 2.05) is 0 Å². The summed E-state index contributed by atoms with van der Waals surface area (Å²) in [7, 11) is 1.47. The lowest BCUT2D eigenvalue weighted by molar-refractivity contribution is -0.124. The van der Waals surface area contributed by atoms with Crippen LogP contribution in [0.25, 0.3) is 0 Å². The molecule has 1 aliphatic rings. The fraction of sp³-hybridized carbons (Fsp3) is 0.250. The van der Waals surface area contributed by atoms with Crippen molar-refractivity contribution in [1.29, 1.82) is 0 Å². The number of nitrogens with zero attached hydrogens (tertiary/aromatic N) is 1. The van der Waals surface area contributed by atoms with Gasteiger partial charge in [-0.2, -0.15) is 0 Å². The lowest BCUT2D eigenvalue weighted by Crippen LogP contribution is -2.46. The Hall–Kier alpha value is -2.17. The third-order valence-corrected chi connectivity index (χ3v) is 2.84. The molecule has 2 rings (SSSR count). The lowest BCUT2D eigenvalue weighted by Gasteiger charge is -2.20. The van der Waals surface area contributed by atoms with Crippen molar-refractivity contribution in [3.05, 3.63) is 35.4 Å². The molecular weight excluding hydrogens is 220 g/mol. The Morgan fingerprint density at radius 1 is 1.18 bits per heavy atom. The molecule has 1 aromatic rings. The summed E-state index contributed by atoms with van der Waals surface area (Å²) < 4.78 is 0. The fourth-order valence-corrected chi connectivity index (χ4v) is 1.89. The smallest absolute Gasteiger partial charge is 0.262 e. The third kappa shape index (κ3) is 1.60. The number of amides is 3. The minimum atomic E-state index is -0.799. The van der Waals surface area contributed by atoms with E-state index < -0.39 is 17.9 Å². The molecule has 1 aliphatic heterocycles. The van der Waals surface area contributed by atoms with Crippen LogP contribution < -0.4 is 5.32 Å². The van der Waals surface area contributed by atoms with E-state index in [2.05, 4.69) is 5.32 Å². The van der Waals surface area contributed by atoms with Crippen molar-refractivity contribution in [3.8, 4) is 0 Å². The van der Waals surface area contributed by atoms with Gasteiger partial charge in [-0.15, -0.1) is 0 Å². The second-order valence-corrected chi connectivity index (χ2v) is 3.82. The molecule has 5 heteroatoms. The number of fused-ring (bicyclic) bond motifs is 1. The highest BCUT2D eigenvalue weighted by molar-refractivity contribution is 6.22. The van der Waals surface area contributed by atoms with Crippen LogP contribution in [0.5, 0.6) is 0 Å². The Labute approximate surface area is 98.4 Å². The standard InChI is InChI=1S/C12H12N2O3/c1-7(10(15)13-2)14-11(16)8-5-3-4-6-9(8)12(14)17/h3-7H,1-2H3,(H,13,15)/t7-/m1/s1. The van der Waals surface area contributed by atoms with Crippen LogP contribution in [0, 0.1) is 0 Å². The van der Waals surface area contributed by atoms with Crippen LogP contribution in [0.15, 0.2) is 24.3 Å².